The number of carbonyl (C=O) groups is 1. The van der Waals surface area contributed by atoms with E-state index in [9.17, 15) is 4.79 Å². The molecule has 2 N–H and O–H groups in total. The molecule has 0 saturated carbocycles. The molecule has 0 atom stereocenters. The molecule has 0 radical (unpaired) electrons. The molecule has 0 unspecified atom stereocenters. The molecule has 0 bridgehead atoms. The number of nitrogens with zero attached hydrogens (tertiary/aromatic N) is 4. The molecule has 27 heavy (non-hydrogen) atoms. The summed E-state index contributed by atoms with van der Waals surface area (Å²) in [7, 11) is 0. The van der Waals surface area contributed by atoms with Crippen LogP contribution in [0.1, 0.15) is 21.6 Å². The summed E-state index contributed by atoms with van der Waals surface area (Å²) in [5, 5.41) is 6.64. The highest BCUT2D eigenvalue weighted by atomic mass is 16.2. The van der Waals surface area contributed by atoms with Crippen LogP contribution in [0.2, 0.25) is 0 Å². The number of nitrogens with one attached hydrogen (secondary N) is 2. The monoisotopic (exact) mass is 364 g/mol. The number of anilines is 3. The Kier molecular flexibility index (Phi) is 4.77. The van der Waals surface area contributed by atoms with Crippen LogP contribution in [0.3, 0.4) is 0 Å². The van der Waals surface area contributed by atoms with E-state index in [1.165, 1.54) is 11.3 Å². The fourth-order valence-electron chi connectivity index (χ4n) is 3.63. The van der Waals surface area contributed by atoms with Crippen LogP contribution in [0.15, 0.2) is 37.1 Å². The van der Waals surface area contributed by atoms with Gasteiger partial charge >= 0.3 is 0 Å². The van der Waals surface area contributed by atoms with Gasteiger partial charge in [-0.3, -0.25) is 4.79 Å². The molecule has 2 aliphatic heterocycles. The lowest BCUT2D eigenvalue weighted by atomic mass is 10.1. The van der Waals surface area contributed by atoms with Crippen LogP contribution in [0, 0.1) is 6.92 Å². The predicted octanol–water partition coefficient (Wildman–Crippen LogP) is 2.08. The number of benzene rings is 1. The molecule has 1 fully saturated rings. The maximum atomic E-state index is 12.3. The van der Waals surface area contributed by atoms with E-state index in [1.807, 2.05) is 0 Å². The molecule has 1 saturated heterocycles. The zero-order valence-corrected chi connectivity index (χ0v) is 15.5. The molecule has 2 aliphatic rings. The first-order valence-corrected chi connectivity index (χ1v) is 9.25. The molecule has 2 aromatic rings. The van der Waals surface area contributed by atoms with Crippen molar-refractivity contribution in [3.8, 4) is 0 Å². The summed E-state index contributed by atoms with van der Waals surface area (Å²) >= 11 is 0. The van der Waals surface area contributed by atoms with Crippen molar-refractivity contribution in [2.75, 3.05) is 42.9 Å². The second-order valence-corrected chi connectivity index (χ2v) is 6.89. The van der Waals surface area contributed by atoms with Crippen molar-refractivity contribution in [3.63, 3.8) is 0 Å². The normalized spacial score (nSPS) is 16.4. The molecular weight excluding hydrogens is 340 g/mol. The zero-order valence-electron chi connectivity index (χ0n) is 15.5. The molecule has 3 heterocycles. The molecule has 1 amide bonds. The third kappa shape index (κ3) is 3.50. The van der Waals surface area contributed by atoms with Crippen LogP contribution < -0.4 is 15.5 Å². The van der Waals surface area contributed by atoms with E-state index in [1.54, 1.807) is 17.2 Å². The van der Waals surface area contributed by atoms with Gasteiger partial charge in [0.1, 0.15) is 0 Å². The molecular formula is C20H24N6O. The predicted molar refractivity (Wildman–Crippen MR) is 107 cm³/mol. The van der Waals surface area contributed by atoms with Crippen molar-refractivity contribution < 1.29 is 4.79 Å². The van der Waals surface area contributed by atoms with Gasteiger partial charge in [0.15, 0.2) is 0 Å². The maximum absolute atomic E-state index is 12.3. The van der Waals surface area contributed by atoms with Crippen molar-refractivity contribution >= 4 is 23.2 Å². The number of hydrogen-bond donors (Lipinski definition) is 2. The van der Waals surface area contributed by atoms with Gasteiger partial charge in [0, 0.05) is 50.3 Å². The smallest absolute Gasteiger partial charge is 0.257 e. The van der Waals surface area contributed by atoms with Crippen LogP contribution in [-0.4, -0.2) is 53.5 Å². The lowest BCUT2D eigenvalue weighted by molar-refractivity contribution is 0.0796. The molecule has 7 nitrogen and oxygen atoms in total. The average Bonchev–Trinajstić information content (AvgIpc) is 2.98. The van der Waals surface area contributed by atoms with Crippen molar-refractivity contribution in [1.82, 2.24) is 20.2 Å². The molecule has 4 rings (SSSR count). The standard InChI is InChI=1S/C20H24N6O/c1-3-8-26-13-17-16(19(26)27)12-22-20(24-17)23-15-4-5-18(14(2)11-15)25-9-6-21-7-10-25/h3-5,11-12,21H,1,6-10,13H2,2H3,(H,22,23,24). The first kappa shape index (κ1) is 17.5. The van der Waals surface area contributed by atoms with E-state index in [-0.39, 0.29) is 5.91 Å². The number of fused-ring (bicyclic) bond motifs is 1. The quantitative estimate of drug-likeness (QED) is 0.792. The Labute approximate surface area is 159 Å². The Bertz CT molecular complexity index is 875. The first-order valence-electron chi connectivity index (χ1n) is 9.25. The lowest BCUT2D eigenvalue weighted by Crippen LogP contribution is -2.43. The second-order valence-electron chi connectivity index (χ2n) is 6.89. The van der Waals surface area contributed by atoms with Gasteiger partial charge in [-0.05, 0) is 30.7 Å². The van der Waals surface area contributed by atoms with E-state index < -0.39 is 0 Å². The summed E-state index contributed by atoms with van der Waals surface area (Å²) in [6, 6.07) is 6.31. The average molecular weight is 364 g/mol. The van der Waals surface area contributed by atoms with Gasteiger partial charge in [0.25, 0.3) is 5.91 Å². The Morgan fingerprint density at radius 3 is 2.89 bits per heavy atom. The third-order valence-electron chi connectivity index (χ3n) is 4.99. The van der Waals surface area contributed by atoms with Crippen molar-refractivity contribution in [1.29, 1.82) is 0 Å². The summed E-state index contributed by atoms with van der Waals surface area (Å²) in [5.74, 6) is 0.476. The Balaban J connectivity index is 1.50. The molecule has 140 valence electrons. The molecule has 7 heteroatoms. The highest BCUT2D eigenvalue weighted by Crippen LogP contribution is 2.26. The van der Waals surface area contributed by atoms with E-state index in [2.05, 4.69) is 57.2 Å². The number of piperazine rings is 1. The first-order chi connectivity index (χ1) is 13.2. The molecule has 1 aromatic heterocycles. The van der Waals surface area contributed by atoms with Gasteiger partial charge in [0.05, 0.1) is 17.8 Å². The summed E-state index contributed by atoms with van der Waals surface area (Å²) < 4.78 is 0. The SMILES string of the molecule is C=CCN1Cc2nc(Nc3ccc(N4CCNCC4)c(C)c3)ncc2C1=O. The van der Waals surface area contributed by atoms with E-state index in [0.29, 0.717) is 24.6 Å². The molecule has 0 aliphatic carbocycles. The summed E-state index contributed by atoms with van der Waals surface area (Å²) in [6.45, 7) is 10.9. The van der Waals surface area contributed by atoms with Crippen LogP contribution >= 0.6 is 0 Å². The van der Waals surface area contributed by atoms with E-state index >= 15 is 0 Å². The minimum absolute atomic E-state index is 0.0346. The van der Waals surface area contributed by atoms with Crippen LogP contribution in [0.4, 0.5) is 17.3 Å². The lowest BCUT2D eigenvalue weighted by Gasteiger charge is -2.30. The number of aryl methyl sites for hydroxylation is 1. The number of hydrogen-bond acceptors (Lipinski definition) is 6. The number of aromatic nitrogens is 2. The molecule has 1 aromatic carbocycles. The van der Waals surface area contributed by atoms with Crippen molar-refractivity contribution in [3.05, 3.63) is 53.9 Å². The van der Waals surface area contributed by atoms with E-state index in [4.69, 9.17) is 0 Å². The minimum atomic E-state index is -0.0346. The minimum Gasteiger partial charge on any atom is -0.369 e. The van der Waals surface area contributed by atoms with Crippen LogP contribution in [0.5, 0.6) is 0 Å². The van der Waals surface area contributed by atoms with Crippen LogP contribution in [0.25, 0.3) is 0 Å². The Morgan fingerprint density at radius 2 is 2.15 bits per heavy atom. The fraction of sp³-hybridized carbons (Fsp3) is 0.350. The molecule has 0 spiro atoms. The van der Waals surface area contributed by atoms with Gasteiger partial charge in [-0.25, -0.2) is 9.97 Å². The highest BCUT2D eigenvalue weighted by Gasteiger charge is 2.28. The Morgan fingerprint density at radius 1 is 1.33 bits per heavy atom. The number of amides is 1. The van der Waals surface area contributed by atoms with Gasteiger partial charge < -0.3 is 20.4 Å². The third-order valence-corrected chi connectivity index (χ3v) is 4.99. The summed E-state index contributed by atoms with van der Waals surface area (Å²) in [4.78, 5) is 25.2. The van der Waals surface area contributed by atoms with Gasteiger partial charge in [-0.1, -0.05) is 6.08 Å². The topological polar surface area (TPSA) is 73.4 Å². The fourth-order valence-corrected chi connectivity index (χ4v) is 3.63. The number of carbonyl (C=O) groups excluding carboxylic acids is 1. The maximum Gasteiger partial charge on any atom is 0.257 e. The summed E-state index contributed by atoms with van der Waals surface area (Å²) in [5.41, 5.74) is 4.76. The zero-order chi connectivity index (χ0) is 18.8. The van der Waals surface area contributed by atoms with E-state index in [0.717, 1.165) is 37.6 Å². The van der Waals surface area contributed by atoms with Gasteiger partial charge in [-0.15, -0.1) is 6.58 Å². The van der Waals surface area contributed by atoms with Gasteiger partial charge in [-0.2, -0.15) is 0 Å². The number of rotatable bonds is 5. The summed E-state index contributed by atoms with van der Waals surface area (Å²) in [6.07, 6.45) is 3.33. The highest BCUT2D eigenvalue weighted by molar-refractivity contribution is 5.97. The Hall–Kier alpha value is -2.93. The van der Waals surface area contributed by atoms with Crippen molar-refractivity contribution in [2.45, 2.75) is 13.5 Å². The van der Waals surface area contributed by atoms with Gasteiger partial charge in [0.2, 0.25) is 5.95 Å². The second kappa shape index (κ2) is 7.36. The van der Waals surface area contributed by atoms with Crippen LogP contribution in [-0.2, 0) is 6.54 Å². The largest absolute Gasteiger partial charge is 0.369 e. The van der Waals surface area contributed by atoms with Crippen molar-refractivity contribution in [2.24, 2.45) is 0 Å².